The van der Waals surface area contributed by atoms with Crippen LogP contribution < -0.4 is 5.32 Å². The molecule has 0 heterocycles. The molecule has 2 nitrogen and oxygen atoms in total. The van der Waals surface area contributed by atoms with Crippen LogP contribution in [0.2, 0.25) is 0 Å². The van der Waals surface area contributed by atoms with E-state index in [1.165, 1.54) is 5.56 Å². The van der Waals surface area contributed by atoms with Crippen LogP contribution in [0.4, 0.5) is 0 Å². The number of benzene rings is 1. The summed E-state index contributed by atoms with van der Waals surface area (Å²) in [5.74, 6) is 0.212. The number of nitrogens with one attached hydrogen (secondary N) is 1. The zero-order valence-electron chi connectivity index (χ0n) is 10.8. The molecule has 0 aromatic heterocycles. The fourth-order valence-electron chi connectivity index (χ4n) is 1.51. The highest BCUT2D eigenvalue weighted by molar-refractivity contribution is 5.81. The van der Waals surface area contributed by atoms with Crippen LogP contribution >= 0.6 is 0 Å². The molecule has 1 rings (SSSR count). The molecule has 1 N–H and O–H groups in total. The average molecular weight is 221 g/mol. The Labute approximate surface area is 99.1 Å². The Balaban J connectivity index is 0.00000106. The van der Waals surface area contributed by atoms with E-state index in [1.54, 1.807) is 6.92 Å². The molecule has 0 aliphatic carbocycles. The van der Waals surface area contributed by atoms with Crippen molar-refractivity contribution in [3.8, 4) is 0 Å². The number of rotatable bonds is 5. The molecule has 0 aliphatic rings. The van der Waals surface area contributed by atoms with Crippen LogP contribution in [0.15, 0.2) is 30.3 Å². The predicted octanol–water partition coefficient (Wildman–Crippen LogP) is 2.82. The van der Waals surface area contributed by atoms with Crippen LogP contribution in [-0.4, -0.2) is 18.9 Å². The van der Waals surface area contributed by atoms with Gasteiger partial charge in [-0.1, -0.05) is 44.2 Å². The van der Waals surface area contributed by atoms with Gasteiger partial charge in [0.15, 0.2) is 0 Å². The fraction of sp³-hybridized carbons (Fsp3) is 0.500. The third kappa shape index (κ3) is 5.66. The number of Topliss-reactive ketones (excluding diaryl/α,β-unsaturated/α-hetero) is 1. The van der Waals surface area contributed by atoms with Crippen molar-refractivity contribution in [1.82, 2.24) is 5.32 Å². The number of hydrogen-bond donors (Lipinski definition) is 1. The molecule has 0 fully saturated rings. The molecular formula is C14H23NO. The zero-order chi connectivity index (χ0) is 12.4. The largest absolute Gasteiger partial charge is 0.311 e. The molecule has 0 spiro atoms. The van der Waals surface area contributed by atoms with Gasteiger partial charge in [0, 0.05) is 0 Å². The topological polar surface area (TPSA) is 29.1 Å². The van der Waals surface area contributed by atoms with Gasteiger partial charge in [0.2, 0.25) is 0 Å². The second-order valence-corrected chi connectivity index (χ2v) is 3.48. The van der Waals surface area contributed by atoms with Gasteiger partial charge in [-0.2, -0.15) is 0 Å². The van der Waals surface area contributed by atoms with Crippen molar-refractivity contribution in [2.45, 2.75) is 39.7 Å². The molecule has 2 heteroatoms. The van der Waals surface area contributed by atoms with Gasteiger partial charge < -0.3 is 5.32 Å². The van der Waals surface area contributed by atoms with Gasteiger partial charge in [0.05, 0.1) is 6.04 Å². The van der Waals surface area contributed by atoms with E-state index in [9.17, 15) is 4.79 Å². The molecule has 0 aliphatic heterocycles. The van der Waals surface area contributed by atoms with Gasteiger partial charge in [-0.3, -0.25) is 4.79 Å². The SMILES string of the molecule is CC.CNC(CCc1ccccc1)C(C)=O. The maximum atomic E-state index is 11.1. The Morgan fingerprint density at radius 2 is 1.81 bits per heavy atom. The van der Waals surface area contributed by atoms with Crippen LogP contribution in [0.1, 0.15) is 32.8 Å². The molecule has 1 unspecified atom stereocenters. The zero-order valence-corrected chi connectivity index (χ0v) is 10.8. The molecule has 1 aromatic carbocycles. The van der Waals surface area contributed by atoms with E-state index in [1.807, 2.05) is 39.1 Å². The summed E-state index contributed by atoms with van der Waals surface area (Å²) in [6.07, 6.45) is 1.82. The normalized spacial score (nSPS) is 11.2. The summed E-state index contributed by atoms with van der Waals surface area (Å²) in [4.78, 5) is 11.1. The summed E-state index contributed by atoms with van der Waals surface area (Å²) in [5.41, 5.74) is 1.29. The minimum atomic E-state index is -0.00444. The van der Waals surface area contributed by atoms with E-state index in [2.05, 4.69) is 17.4 Å². The van der Waals surface area contributed by atoms with Gasteiger partial charge in [0.25, 0.3) is 0 Å². The lowest BCUT2D eigenvalue weighted by Gasteiger charge is -2.11. The first-order valence-electron chi connectivity index (χ1n) is 5.95. The summed E-state index contributed by atoms with van der Waals surface area (Å²) >= 11 is 0. The van der Waals surface area contributed by atoms with E-state index in [4.69, 9.17) is 0 Å². The maximum absolute atomic E-state index is 11.1. The van der Waals surface area contributed by atoms with Crippen molar-refractivity contribution in [3.63, 3.8) is 0 Å². The molecule has 0 saturated heterocycles. The van der Waals surface area contributed by atoms with E-state index < -0.39 is 0 Å². The lowest BCUT2D eigenvalue weighted by atomic mass is 10.0. The summed E-state index contributed by atoms with van der Waals surface area (Å²) in [5, 5.41) is 3.02. The van der Waals surface area contributed by atoms with E-state index in [0.717, 1.165) is 12.8 Å². The smallest absolute Gasteiger partial charge is 0.146 e. The van der Waals surface area contributed by atoms with E-state index >= 15 is 0 Å². The Bertz CT molecular complexity index is 282. The van der Waals surface area contributed by atoms with Crippen LogP contribution in [0.5, 0.6) is 0 Å². The second kappa shape index (κ2) is 9.10. The summed E-state index contributed by atoms with van der Waals surface area (Å²) in [6, 6.07) is 10.2. The summed E-state index contributed by atoms with van der Waals surface area (Å²) in [6.45, 7) is 5.63. The second-order valence-electron chi connectivity index (χ2n) is 3.48. The standard InChI is InChI=1S/C12H17NO.C2H6/c1-10(14)12(13-2)9-8-11-6-4-3-5-7-11;1-2/h3-7,12-13H,8-9H2,1-2H3;1-2H3. The number of carbonyl (C=O) groups is 1. The van der Waals surface area contributed by atoms with Crippen molar-refractivity contribution >= 4 is 5.78 Å². The van der Waals surface area contributed by atoms with Crippen LogP contribution in [0.3, 0.4) is 0 Å². The van der Waals surface area contributed by atoms with Gasteiger partial charge >= 0.3 is 0 Å². The number of carbonyl (C=O) groups excluding carboxylic acids is 1. The predicted molar refractivity (Wildman–Crippen MR) is 69.6 cm³/mol. The molecule has 16 heavy (non-hydrogen) atoms. The first-order valence-corrected chi connectivity index (χ1v) is 5.95. The van der Waals surface area contributed by atoms with Gasteiger partial charge in [-0.25, -0.2) is 0 Å². The highest BCUT2D eigenvalue weighted by atomic mass is 16.1. The fourth-order valence-corrected chi connectivity index (χ4v) is 1.51. The van der Waals surface area contributed by atoms with Crippen LogP contribution in [0, 0.1) is 0 Å². The van der Waals surface area contributed by atoms with Crippen molar-refractivity contribution in [1.29, 1.82) is 0 Å². The number of aryl methyl sites for hydroxylation is 1. The molecule has 0 saturated carbocycles. The minimum Gasteiger partial charge on any atom is -0.311 e. The number of likely N-dealkylation sites (N-methyl/N-ethyl adjacent to an activating group) is 1. The highest BCUT2D eigenvalue weighted by Crippen LogP contribution is 2.05. The Hall–Kier alpha value is -1.15. The Kier molecular flexibility index (Phi) is 8.45. The molecule has 0 bridgehead atoms. The highest BCUT2D eigenvalue weighted by Gasteiger charge is 2.10. The van der Waals surface area contributed by atoms with Gasteiger partial charge in [0.1, 0.15) is 5.78 Å². The quantitative estimate of drug-likeness (QED) is 0.828. The minimum absolute atomic E-state index is 0.00444. The summed E-state index contributed by atoms with van der Waals surface area (Å²) in [7, 11) is 1.83. The first-order chi connectivity index (χ1) is 7.74. The Morgan fingerprint density at radius 1 is 1.25 bits per heavy atom. The molecule has 0 amide bonds. The molecular weight excluding hydrogens is 198 g/mol. The van der Waals surface area contributed by atoms with Gasteiger partial charge in [-0.15, -0.1) is 0 Å². The van der Waals surface area contributed by atoms with Crippen molar-refractivity contribution in [2.24, 2.45) is 0 Å². The van der Waals surface area contributed by atoms with Crippen LogP contribution in [0.25, 0.3) is 0 Å². The van der Waals surface area contributed by atoms with Crippen molar-refractivity contribution in [2.75, 3.05) is 7.05 Å². The Morgan fingerprint density at radius 3 is 2.25 bits per heavy atom. The molecule has 1 aromatic rings. The average Bonchev–Trinajstić information content (AvgIpc) is 2.33. The van der Waals surface area contributed by atoms with Crippen LogP contribution in [-0.2, 0) is 11.2 Å². The van der Waals surface area contributed by atoms with Gasteiger partial charge in [-0.05, 0) is 32.4 Å². The van der Waals surface area contributed by atoms with E-state index in [0.29, 0.717) is 0 Å². The molecule has 1 atom stereocenters. The number of hydrogen-bond acceptors (Lipinski definition) is 2. The third-order valence-electron chi connectivity index (χ3n) is 2.40. The maximum Gasteiger partial charge on any atom is 0.146 e. The third-order valence-corrected chi connectivity index (χ3v) is 2.40. The molecule has 0 radical (unpaired) electrons. The van der Waals surface area contributed by atoms with Crippen molar-refractivity contribution in [3.05, 3.63) is 35.9 Å². The monoisotopic (exact) mass is 221 g/mol. The summed E-state index contributed by atoms with van der Waals surface area (Å²) < 4.78 is 0. The first kappa shape index (κ1) is 14.8. The lowest BCUT2D eigenvalue weighted by Crippen LogP contribution is -2.32. The number of ketones is 1. The lowest BCUT2D eigenvalue weighted by molar-refractivity contribution is -0.119. The van der Waals surface area contributed by atoms with Crippen molar-refractivity contribution < 1.29 is 4.79 Å². The molecule has 90 valence electrons. The van der Waals surface area contributed by atoms with E-state index in [-0.39, 0.29) is 11.8 Å².